The highest BCUT2D eigenvalue weighted by Gasteiger charge is 2.21. The minimum absolute atomic E-state index is 0.117. The van der Waals surface area contributed by atoms with Gasteiger partial charge in [-0.1, -0.05) is 12.8 Å². The molecule has 0 radical (unpaired) electrons. The summed E-state index contributed by atoms with van der Waals surface area (Å²) in [7, 11) is 3.10. The molecule has 1 fully saturated rings. The Kier molecular flexibility index (Phi) is 4.81. The molecule has 3 aromatic rings. The van der Waals surface area contributed by atoms with Gasteiger partial charge in [-0.2, -0.15) is 0 Å². The summed E-state index contributed by atoms with van der Waals surface area (Å²) in [6.07, 6.45) is 4.33. The molecule has 0 aliphatic heterocycles. The number of carbonyl (C=O) groups excluding carboxylic acids is 1. The topological polar surface area (TPSA) is 85.3 Å². The van der Waals surface area contributed by atoms with Crippen LogP contribution in [0.1, 0.15) is 42.1 Å². The van der Waals surface area contributed by atoms with E-state index in [1.54, 1.807) is 44.6 Å². The molecule has 1 amide bonds. The molecule has 0 unspecified atom stereocenters. The highest BCUT2D eigenvalue weighted by atomic mass is 16.5. The van der Waals surface area contributed by atoms with Gasteiger partial charge in [0.25, 0.3) is 5.91 Å². The number of hydrogen-bond donors (Lipinski definition) is 2. The summed E-state index contributed by atoms with van der Waals surface area (Å²) in [6.45, 7) is 0. The van der Waals surface area contributed by atoms with Crippen LogP contribution >= 0.6 is 0 Å². The first-order valence-electron chi connectivity index (χ1n) is 9.38. The molecule has 1 saturated carbocycles. The zero-order valence-corrected chi connectivity index (χ0v) is 16.0. The first kappa shape index (κ1) is 18.2. The molecule has 28 heavy (non-hydrogen) atoms. The molecule has 7 nitrogen and oxygen atoms in total. The molecule has 7 heteroatoms. The third kappa shape index (κ3) is 3.24. The number of aromatic nitrogens is 2. The minimum Gasteiger partial charge on any atom is -0.497 e. The molecule has 146 valence electrons. The van der Waals surface area contributed by atoms with Gasteiger partial charge in [-0.05, 0) is 43.2 Å². The van der Waals surface area contributed by atoms with Crippen LogP contribution in [0.5, 0.6) is 11.5 Å². The number of benzene rings is 2. The Morgan fingerprint density at radius 3 is 2.61 bits per heavy atom. The van der Waals surface area contributed by atoms with Crippen LogP contribution in [0.25, 0.3) is 11.0 Å². The number of ether oxygens (including phenoxy) is 2. The summed E-state index contributed by atoms with van der Waals surface area (Å²) in [5, 5.41) is 2.85. The third-order valence-corrected chi connectivity index (χ3v) is 5.32. The molecule has 1 aromatic heterocycles. The van der Waals surface area contributed by atoms with E-state index in [2.05, 4.69) is 10.3 Å². The van der Waals surface area contributed by atoms with Gasteiger partial charge in [-0.25, -0.2) is 4.79 Å². The van der Waals surface area contributed by atoms with Crippen molar-refractivity contribution in [1.29, 1.82) is 0 Å². The van der Waals surface area contributed by atoms with Crippen molar-refractivity contribution >= 4 is 22.6 Å². The van der Waals surface area contributed by atoms with Crippen molar-refractivity contribution in [2.45, 2.75) is 31.7 Å². The van der Waals surface area contributed by atoms with Gasteiger partial charge in [0.05, 0.1) is 30.9 Å². The number of H-pyrrole nitrogens is 1. The van der Waals surface area contributed by atoms with E-state index in [1.165, 1.54) is 0 Å². The van der Waals surface area contributed by atoms with Crippen LogP contribution in [0, 0.1) is 0 Å². The smallest absolute Gasteiger partial charge is 0.326 e. The lowest BCUT2D eigenvalue weighted by Crippen LogP contribution is -2.20. The van der Waals surface area contributed by atoms with Gasteiger partial charge in [0, 0.05) is 17.7 Å². The van der Waals surface area contributed by atoms with Gasteiger partial charge >= 0.3 is 5.69 Å². The van der Waals surface area contributed by atoms with Crippen molar-refractivity contribution in [3.63, 3.8) is 0 Å². The predicted octanol–water partition coefficient (Wildman–Crippen LogP) is 3.71. The normalized spacial score (nSPS) is 14.4. The fourth-order valence-electron chi connectivity index (χ4n) is 3.90. The van der Waals surface area contributed by atoms with E-state index >= 15 is 0 Å². The van der Waals surface area contributed by atoms with Crippen LogP contribution < -0.4 is 20.5 Å². The number of fused-ring (bicyclic) bond motifs is 1. The van der Waals surface area contributed by atoms with Crippen molar-refractivity contribution in [3.8, 4) is 11.5 Å². The number of rotatable bonds is 5. The highest BCUT2D eigenvalue weighted by Crippen LogP contribution is 2.31. The van der Waals surface area contributed by atoms with Crippen molar-refractivity contribution < 1.29 is 14.3 Å². The van der Waals surface area contributed by atoms with Gasteiger partial charge in [-0.3, -0.25) is 9.36 Å². The predicted molar refractivity (Wildman–Crippen MR) is 108 cm³/mol. The number of anilines is 1. The molecular weight excluding hydrogens is 358 g/mol. The average Bonchev–Trinajstić information content (AvgIpc) is 3.33. The Morgan fingerprint density at radius 1 is 1.11 bits per heavy atom. The second-order valence-corrected chi connectivity index (χ2v) is 6.99. The Balaban J connectivity index is 1.64. The van der Waals surface area contributed by atoms with Crippen LogP contribution in [-0.2, 0) is 0 Å². The molecule has 1 aliphatic rings. The molecular formula is C21H23N3O4. The highest BCUT2D eigenvalue weighted by molar-refractivity contribution is 6.06. The number of carbonyl (C=O) groups is 1. The Hall–Kier alpha value is -3.22. The molecule has 1 heterocycles. The van der Waals surface area contributed by atoms with Crippen molar-refractivity contribution in [1.82, 2.24) is 9.55 Å². The van der Waals surface area contributed by atoms with Gasteiger partial charge in [0.1, 0.15) is 11.5 Å². The summed E-state index contributed by atoms with van der Waals surface area (Å²) in [6, 6.07) is 10.7. The number of nitrogens with zero attached hydrogens (tertiary/aromatic N) is 1. The summed E-state index contributed by atoms with van der Waals surface area (Å²) in [4.78, 5) is 28.1. The van der Waals surface area contributed by atoms with Crippen LogP contribution in [-0.4, -0.2) is 29.7 Å². The van der Waals surface area contributed by atoms with Gasteiger partial charge in [0.2, 0.25) is 0 Å². The maximum atomic E-state index is 12.8. The maximum Gasteiger partial charge on any atom is 0.326 e. The number of amides is 1. The summed E-state index contributed by atoms with van der Waals surface area (Å²) in [5.41, 5.74) is 2.37. The number of aromatic amines is 1. The largest absolute Gasteiger partial charge is 0.497 e. The number of imidazole rings is 1. The van der Waals surface area contributed by atoms with E-state index in [1.807, 2.05) is 10.6 Å². The fraction of sp³-hybridized carbons (Fsp3) is 0.333. The number of hydrogen-bond acceptors (Lipinski definition) is 4. The molecule has 0 atom stereocenters. The minimum atomic E-state index is -0.289. The zero-order valence-electron chi connectivity index (χ0n) is 16.0. The molecule has 4 rings (SSSR count). The van der Waals surface area contributed by atoms with Crippen LogP contribution in [0.15, 0.2) is 41.2 Å². The SMILES string of the molecule is COc1ccc(OC)c(NC(=O)c2ccc3c(c2)[nH]c(=O)n3C2CCCC2)c1. The molecule has 0 bridgehead atoms. The van der Waals surface area contributed by atoms with Crippen LogP contribution in [0.4, 0.5) is 5.69 Å². The molecule has 1 aliphatic carbocycles. The second kappa shape index (κ2) is 7.42. The van der Waals surface area contributed by atoms with Gasteiger partial charge in [0.15, 0.2) is 0 Å². The zero-order chi connectivity index (χ0) is 19.7. The number of methoxy groups -OCH3 is 2. The monoisotopic (exact) mass is 381 g/mol. The lowest BCUT2D eigenvalue weighted by molar-refractivity contribution is 0.102. The maximum absolute atomic E-state index is 12.8. The summed E-state index contributed by atoms with van der Waals surface area (Å²) in [5.74, 6) is 0.864. The van der Waals surface area contributed by atoms with Crippen molar-refractivity contribution in [2.24, 2.45) is 0 Å². The molecule has 2 aromatic carbocycles. The summed E-state index contributed by atoms with van der Waals surface area (Å²) < 4.78 is 12.3. The fourth-order valence-corrected chi connectivity index (χ4v) is 3.90. The Bertz CT molecular complexity index is 1080. The lowest BCUT2D eigenvalue weighted by Gasteiger charge is -2.13. The van der Waals surface area contributed by atoms with Crippen molar-refractivity contribution in [3.05, 3.63) is 52.4 Å². The van der Waals surface area contributed by atoms with Gasteiger partial charge in [-0.15, -0.1) is 0 Å². The van der Waals surface area contributed by atoms with Crippen molar-refractivity contribution in [2.75, 3.05) is 19.5 Å². The van der Waals surface area contributed by atoms with E-state index in [-0.39, 0.29) is 17.6 Å². The third-order valence-electron chi connectivity index (χ3n) is 5.32. The van der Waals surface area contributed by atoms with E-state index in [9.17, 15) is 9.59 Å². The lowest BCUT2D eigenvalue weighted by atomic mass is 10.1. The van der Waals surface area contributed by atoms with Crippen LogP contribution in [0.2, 0.25) is 0 Å². The molecule has 2 N–H and O–H groups in total. The molecule has 0 spiro atoms. The van der Waals surface area contributed by atoms with E-state index in [0.29, 0.717) is 28.3 Å². The van der Waals surface area contributed by atoms with E-state index in [0.717, 1.165) is 31.2 Å². The Morgan fingerprint density at radius 2 is 1.89 bits per heavy atom. The standard InChI is InChI=1S/C21H23N3O4/c1-27-15-8-10-19(28-2)17(12-15)22-20(25)13-7-9-18-16(11-13)23-21(26)24(18)14-5-3-4-6-14/h7-12,14H,3-6H2,1-2H3,(H,22,25)(H,23,26). The van der Waals surface area contributed by atoms with E-state index in [4.69, 9.17) is 9.47 Å². The van der Waals surface area contributed by atoms with Gasteiger partial charge < -0.3 is 19.8 Å². The van der Waals surface area contributed by atoms with E-state index < -0.39 is 0 Å². The Labute approximate surface area is 162 Å². The quantitative estimate of drug-likeness (QED) is 0.705. The summed E-state index contributed by atoms with van der Waals surface area (Å²) >= 11 is 0. The molecule has 0 saturated heterocycles. The second-order valence-electron chi connectivity index (χ2n) is 6.99. The number of nitrogens with one attached hydrogen (secondary N) is 2. The van der Waals surface area contributed by atoms with Crippen LogP contribution in [0.3, 0.4) is 0 Å². The first-order chi connectivity index (χ1) is 13.6. The first-order valence-corrected chi connectivity index (χ1v) is 9.38. The average molecular weight is 381 g/mol.